The van der Waals surface area contributed by atoms with E-state index in [0.29, 0.717) is 0 Å². The van der Waals surface area contributed by atoms with Crippen molar-refractivity contribution in [1.29, 1.82) is 0 Å². The minimum absolute atomic E-state index is 0.134. The maximum Gasteiger partial charge on any atom is 0.0522 e. The van der Waals surface area contributed by atoms with E-state index in [1.165, 1.54) is 5.56 Å². The highest BCUT2D eigenvalue weighted by molar-refractivity contribution is 6.31. The summed E-state index contributed by atoms with van der Waals surface area (Å²) in [6, 6.07) is 3.91. The van der Waals surface area contributed by atoms with Gasteiger partial charge in [0.05, 0.1) is 6.61 Å². The van der Waals surface area contributed by atoms with E-state index in [-0.39, 0.29) is 12.0 Å². The fraction of sp³-hybridized carbons (Fsp3) is 0.500. The molecule has 1 aromatic carbocycles. The molecule has 2 heteroatoms. The average molecular weight is 213 g/mol. The smallest absolute Gasteiger partial charge is 0.0522 e. The summed E-state index contributed by atoms with van der Waals surface area (Å²) >= 11 is 6.07. The fourth-order valence-electron chi connectivity index (χ4n) is 1.94. The van der Waals surface area contributed by atoms with Gasteiger partial charge in [0.1, 0.15) is 0 Å². The summed E-state index contributed by atoms with van der Waals surface area (Å²) in [6.45, 7) is 8.24. The van der Waals surface area contributed by atoms with Crippen molar-refractivity contribution in [2.24, 2.45) is 0 Å². The van der Waals surface area contributed by atoms with Crippen LogP contribution < -0.4 is 0 Å². The molecular formula is C12H17ClO. The van der Waals surface area contributed by atoms with E-state index in [1.54, 1.807) is 0 Å². The Labute approximate surface area is 90.7 Å². The van der Waals surface area contributed by atoms with Gasteiger partial charge in [-0.1, -0.05) is 31.5 Å². The standard InChI is InChI=1S/C12H17ClO/c1-8-5-6-10(13)9(2)11(8)12(3,4)7-14/h5-6,14H,7H2,1-4H3. The Morgan fingerprint density at radius 1 is 1.29 bits per heavy atom. The molecule has 0 amide bonds. The average Bonchev–Trinajstić information content (AvgIpc) is 2.12. The van der Waals surface area contributed by atoms with Crippen LogP contribution in [0.2, 0.25) is 5.02 Å². The van der Waals surface area contributed by atoms with Gasteiger partial charge in [-0.25, -0.2) is 0 Å². The number of aliphatic hydroxyl groups excluding tert-OH is 1. The first-order valence-corrected chi connectivity index (χ1v) is 5.15. The van der Waals surface area contributed by atoms with Crippen molar-refractivity contribution in [2.45, 2.75) is 33.1 Å². The highest BCUT2D eigenvalue weighted by Crippen LogP contribution is 2.32. The van der Waals surface area contributed by atoms with Gasteiger partial charge in [0, 0.05) is 10.4 Å². The largest absolute Gasteiger partial charge is 0.395 e. The molecule has 0 radical (unpaired) electrons. The van der Waals surface area contributed by atoms with Crippen LogP contribution >= 0.6 is 11.6 Å². The topological polar surface area (TPSA) is 20.2 Å². The number of rotatable bonds is 2. The van der Waals surface area contributed by atoms with E-state index < -0.39 is 0 Å². The number of benzene rings is 1. The molecule has 14 heavy (non-hydrogen) atoms. The zero-order valence-electron chi connectivity index (χ0n) is 9.19. The number of hydrogen-bond donors (Lipinski definition) is 1. The summed E-state index contributed by atoms with van der Waals surface area (Å²) in [5, 5.41) is 10.1. The van der Waals surface area contributed by atoms with Crippen molar-refractivity contribution in [3.63, 3.8) is 0 Å². The SMILES string of the molecule is Cc1ccc(Cl)c(C)c1C(C)(C)CO. The lowest BCUT2D eigenvalue weighted by Gasteiger charge is -2.27. The Morgan fingerprint density at radius 2 is 1.86 bits per heavy atom. The van der Waals surface area contributed by atoms with E-state index in [2.05, 4.69) is 6.92 Å². The fourth-order valence-corrected chi connectivity index (χ4v) is 2.10. The molecule has 0 unspecified atom stereocenters. The Bertz CT molecular complexity index is 342. The van der Waals surface area contributed by atoms with Crippen molar-refractivity contribution >= 4 is 11.6 Å². The molecular weight excluding hydrogens is 196 g/mol. The zero-order valence-corrected chi connectivity index (χ0v) is 9.94. The van der Waals surface area contributed by atoms with Crippen LogP contribution in [0.15, 0.2) is 12.1 Å². The molecule has 0 aliphatic heterocycles. The Hall–Kier alpha value is -0.530. The first-order chi connectivity index (χ1) is 6.40. The van der Waals surface area contributed by atoms with Gasteiger partial charge in [-0.15, -0.1) is 0 Å². The first-order valence-electron chi connectivity index (χ1n) is 4.77. The van der Waals surface area contributed by atoms with Crippen LogP contribution in [0.1, 0.15) is 30.5 Å². The maximum atomic E-state index is 9.34. The van der Waals surface area contributed by atoms with E-state index in [1.807, 2.05) is 32.9 Å². The molecule has 0 fully saturated rings. The Morgan fingerprint density at radius 3 is 2.36 bits per heavy atom. The second kappa shape index (κ2) is 3.92. The van der Waals surface area contributed by atoms with Crippen molar-refractivity contribution in [1.82, 2.24) is 0 Å². The molecule has 1 rings (SSSR count). The Balaban J connectivity index is 3.40. The summed E-state index contributed by atoms with van der Waals surface area (Å²) in [5.41, 5.74) is 3.20. The monoisotopic (exact) mass is 212 g/mol. The third-order valence-electron chi connectivity index (χ3n) is 2.68. The summed E-state index contributed by atoms with van der Waals surface area (Å²) in [5.74, 6) is 0. The lowest BCUT2D eigenvalue weighted by molar-refractivity contribution is 0.217. The molecule has 0 atom stereocenters. The third-order valence-corrected chi connectivity index (χ3v) is 3.09. The molecule has 0 saturated carbocycles. The second-order valence-corrected chi connectivity index (χ2v) is 4.81. The number of hydrogen-bond acceptors (Lipinski definition) is 1. The van der Waals surface area contributed by atoms with Crippen molar-refractivity contribution in [3.05, 3.63) is 33.8 Å². The lowest BCUT2D eigenvalue weighted by Crippen LogP contribution is -2.24. The highest BCUT2D eigenvalue weighted by atomic mass is 35.5. The minimum Gasteiger partial charge on any atom is -0.395 e. The summed E-state index contributed by atoms with van der Waals surface area (Å²) in [4.78, 5) is 0. The molecule has 0 bridgehead atoms. The van der Waals surface area contributed by atoms with Crippen LogP contribution in [-0.2, 0) is 5.41 Å². The van der Waals surface area contributed by atoms with E-state index in [0.717, 1.165) is 16.1 Å². The molecule has 0 aliphatic rings. The number of halogens is 1. The highest BCUT2D eigenvalue weighted by Gasteiger charge is 2.24. The molecule has 1 nitrogen and oxygen atoms in total. The molecule has 0 saturated heterocycles. The maximum absolute atomic E-state index is 9.34. The number of aryl methyl sites for hydroxylation is 1. The van der Waals surface area contributed by atoms with Gasteiger partial charge in [0.2, 0.25) is 0 Å². The second-order valence-electron chi connectivity index (χ2n) is 4.41. The molecule has 0 spiro atoms. The Kier molecular flexibility index (Phi) is 3.23. The third kappa shape index (κ3) is 1.94. The molecule has 0 aliphatic carbocycles. The van der Waals surface area contributed by atoms with Gasteiger partial charge in [0.25, 0.3) is 0 Å². The van der Waals surface area contributed by atoms with E-state index in [9.17, 15) is 5.11 Å². The zero-order chi connectivity index (χ0) is 10.9. The van der Waals surface area contributed by atoms with Crippen molar-refractivity contribution in [2.75, 3.05) is 6.61 Å². The predicted molar refractivity (Wildman–Crippen MR) is 61.0 cm³/mol. The van der Waals surface area contributed by atoms with Gasteiger partial charge >= 0.3 is 0 Å². The lowest BCUT2D eigenvalue weighted by atomic mass is 9.80. The van der Waals surface area contributed by atoms with Crippen LogP contribution in [0.25, 0.3) is 0 Å². The van der Waals surface area contributed by atoms with Gasteiger partial charge in [-0.3, -0.25) is 0 Å². The van der Waals surface area contributed by atoms with Crippen LogP contribution in [0.4, 0.5) is 0 Å². The van der Waals surface area contributed by atoms with Crippen LogP contribution in [-0.4, -0.2) is 11.7 Å². The molecule has 1 N–H and O–H groups in total. The summed E-state index contributed by atoms with van der Waals surface area (Å²) in [6.07, 6.45) is 0. The van der Waals surface area contributed by atoms with Crippen molar-refractivity contribution in [3.8, 4) is 0 Å². The number of aliphatic hydroxyl groups is 1. The van der Waals surface area contributed by atoms with Gasteiger partial charge in [0.15, 0.2) is 0 Å². The predicted octanol–water partition coefficient (Wildman–Crippen LogP) is 3.23. The minimum atomic E-state index is -0.223. The summed E-state index contributed by atoms with van der Waals surface area (Å²) < 4.78 is 0. The quantitative estimate of drug-likeness (QED) is 0.798. The molecule has 1 aromatic rings. The van der Waals surface area contributed by atoms with E-state index >= 15 is 0 Å². The van der Waals surface area contributed by atoms with Gasteiger partial charge < -0.3 is 5.11 Å². The van der Waals surface area contributed by atoms with Crippen molar-refractivity contribution < 1.29 is 5.11 Å². The first kappa shape index (κ1) is 11.5. The van der Waals surface area contributed by atoms with Crippen LogP contribution in [0.5, 0.6) is 0 Å². The molecule has 0 heterocycles. The van der Waals surface area contributed by atoms with Gasteiger partial charge in [-0.05, 0) is 36.6 Å². The summed E-state index contributed by atoms with van der Waals surface area (Å²) in [7, 11) is 0. The van der Waals surface area contributed by atoms with Crippen LogP contribution in [0.3, 0.4) is 0 Å². The molecule has 0 aromatic heterocycles. The van der Waals surface area contributed by atoms with Gasteiger partial charge in [-0.2, -0.15) is 0 Å². The molecule has 78 valence electrons. The van der Waals surface area contributed by atoms with E-state index in [4.69, 9.17) is 11.6 Å². The normalized spacial score (nSPS) is 11.9. The van der Waals surface area contributed by atoms with Crippen LogP contribution in [0, 0.1) is 13.8 Å².